The van der Waals surface area contributed by atoms with Gasteiger partial charge in [-0.1, -0.05) is 12.1 Å². The summed E-state index contributed by atoms with van der Waals surface area (Å²) in [5.74, 6) is 0. The summed E-state index contributed by atoms with van der Waals surface area (Å²) < 4.78 is 0. The smallest absolute Gasteiger partial charge is 0.258 e. The highest BCUT2D eigenvalue weighted by Crippen LogP contribution is 2.24. The zero-order chi connectivity index (χ0) is 12.3. The molecule has 0 aliphatic carbocycles. The zero-order valence-corrected chi connectivity index (χ0v) is 10.1. The number of thioether (sulfide) groups is 1. The van der Waals surface area contributed by atoms with Crippen molar-refractivity contribution in [3.05, 3.63) is 58.6 Å². The number of nitro benzene ring substituents is 1. The first-order valence-electron chi connectivity index (χ1n) is 5.09. The van der Waals surface area contributed by atoms with Gasteiger partial charge in [-0.15, -0.1) is 11.8 Å². The van der Waals surface area contributed by atoms with Crippen molar-refractivity contribution in [1.82, 2.24) is 0 Å². The van der Waals surface area contributed by atoms with Crippen molar-refractivity contribution in [1.29, 1.82) is 0 Å². The van der Waals surface area contributed by atoms with Crippen molar-refractivity contribution >= 4 is 17.4 Å². The lowest BCUT2D eigenvalue weighted by atomic mass is 10.1. The number of hydrogen-bond donors (Lipinski definition) is 0. The monoisotopic (exact) mass is 245 g/mol. The number of nitrogens with zero attached hydrogens (tertiary/aromatic N) is 1. The Morgan fingerprint density at radius 2 is 1.41 bits per heavy atom. The molecule has 3 nitrogen and oxygen atoms in total. The summed E-state index contributed by atoms with van der Waals surface area (Å²) in [7, 11) is 0. The third kappa shape index (κ3) is 2.65. The molecule has 0 amide bonds. The van der Waals surface area contributed by atoms with Gasteiger partial charge in [0, 0.05) is 17.0 Å². The molecule has 0 saturated heterocycles. The van der Waals surface area contributed by atoms with E-state index in [0.717, 1.165) is 11.1 Å². The maximum Gasteiger partial charge on any atom is 0.269 e. The second-order valence-corrected chi connectivity index (χ2v) is 4.41. The fourth-order valence-electron chi connectivity index (χ4n) is 1.56. The van der Waals surface area contributed by atoms with Crippen molar-refractivity contribution < 1.29 is 4.92 Å². The van der Waals surface area contributed by atoms with Gasteiger partial charge in [-0.05, 0) is 41.6 Å². The molecule has 4 heteroatoms. The van der Waals surface area contributed by atoms with Crippen molar-refractivity contribution in [3.8, 4) is 11.1 Å². The summed E-state index contributed by atoms with van der Waals surface area (Å²) in [6, 6.07) is 14.7. The summed E-state index contributed by atoms with van der Waals surface area (Å²) in [6.07, 6.45) is 2.03. The van der Waals surface area contributed by atoms with Gasteiger partial charge in [-0.3, -0.25) is 10.1 Å². The Kier molecular flexibility index (Phi) is 3.44. The van der Waals surface area contributed by atoms with E-state index in [1.165, 1.54) is 17.0 Å². The molecule has 0 radical (unpaired) electrons. The van der Waals surface area contributed by atoms with Crippen LogP contribution in [-0.4, -0.2) is 11.2 Å². The zero-order valence-electron chi connectivity index (χ0n) is 9.29. The van der Waals surface area contributed by atoms with E-state index in [4.69, 9.17) is 0 Å². The van der Waals surface area contributed by atoms with Crippen LogP contribution in [0.1, 0.15) is 0 Å². The van der Waals surface area contributed by atoms with Gasteiger partial charge in [-0.2, -0.15) is 0 Å². The third-order valence-corrected chi connectivity index (χ3v) is 3.25. The predicted octanol–water partition coefficient (Wildman–Crippen LogP) is 3.98. The van der Waals surface area contributed by atoms with Crippen molar-refractivity contribution in [3.63, 3.8) is 0 Å². The van der Waals surface area contributed by atoms with Gasteiger partial charge in [-0.25, -0.2) is 0 Å². The Morgan fingerprint density at radius 3 is 1.82 bits per heavy atom. The van der Waals surface area contributed by atoms with Crippen LogP contribution in [0.15, 0.2) is 53.4 Å². The molecule has 0 heterocycles. The number of benzene rings is 2. The largest absolute Gasteiger partial charge is 0.269 e. The molecular weight excluding hydrogens is 234 g/mol. The van der Waals surface area contributed by atoms with Crippen LogP contribution < -0.4 is 0 Å². The van der Waals surface area contributed by atoms with E-state index in [2.05, 4.69) is 0 Å². The fourth-order valence-corrected chi connectivity index (χ4v) is 1.97. The van der Waals surface area contributed by atoms with E-state index in [9.17, 15) is 10.1 Å². The molecule has 2 aromatic carbocycles. The first-order valence-corrected chi connectivity index (χ1v) is 6.32. The summed E-state index contributed by atoms with van der Waals surface area (Å²) in [5, 5.41) is 10.5. The van der Waals surface area contributed by atoms with E-state index in [0.29, 0.717) is 0 Å². The van der Waals surface area contributed by atoms with Gasteiger partial charge in [0.05, 0.1) is 4.92 Å². The van der Waals surface area contributed by atoms with E-state index in [1.807, 2.05) is 30.5 Å². The maximum absolute atomic E-state index is 10.5. The van der Waals surface area contributed by atoms with Gasteiger partial charge in [0.25, 0.3) is 5.69 Å². The van der Waals surface area contributed by atoms with E-state index in [-0.39, 0.29) is 10.6 Å². The molecule has 2 aromatic rings. The number of hydrogen-bond acceptors (Lipinski definition) is 3. The van der Waals surface area contributed by atoms with E-state index < -0.39 is 0 Å². The van der Waals surface area contributed by atoms with Gasteiger partial charge < -0.3 is 0 Å². The van der Waals surface area contributed by atoms with E-state index in [1.54, 1.807) is 23.9 Å². The summed E-state index contributed by atoms with van der Waals surface area (Å²) in [5.41, 5.74) is 2.18. The van der Waals surface area contributed by atoms with Crippen LogP contribution in [0.3, 0.4) is 0 Å². The topological polar surface area (TPSA) is 43.1 Å². The molecule has 0 unspecified atom stereocenters. The molecular formula is C13H11NO2S. The van der Waals surface area contributed by atoms with Gasteiger partial charge in [0.15, 0.2) is 0 Å². The molecule has 2 rings (SSSR count). The fraction of sp³-hybridized carbons (Fsp3) is 0.0769. The lowest BCUT2D eigenvalue weighted by Gasteiger charge is -2.02. The standard InChI is InChI=1S/C13H11NO2S/c1-17-13-8-4-11(5-9-13)10-2-6-12(7-3-10)14(15)16/h2-9H,1H3. The Bertz CT molecular complexity index is 520. The van der Waals surface area contributed by atoms with Crippen LogP contribution in [0.25, 0.3) is 11.1 Å². The predicted molar refractivity (Wildman–Crippen MR) is 70.3 cm³/mol. The summed E-state index contributed by atoms with van der Waals surface area (Å²) in [6.45, 7) is 0. The molecule has 0 aliphatic rings. The third-order valence-electron chi connectivity index (χ3n) is 2.50. The van der Waals surface area contributed by atoms with Crippen LogP contribution in [0.5, 0.6) is 0 Å². The molecule has 17 heavy (non-hydrogen) atoms. The molecule has 0 N–H and O–H groups in total. The molecule has 86 valence electrons. The van der Waals surface area contributed by atoms with Crippen molar-refractivity contribution in [2.45, 2.75) is 4.90 Å². The maximum atomic E-state index is 10.5. The van der Waals surface area contributed by atoms with Crippen LogP contribution in [-0.2, 0) is 0 Å². The van der Waals surface area contributed by atoms with Crippen molar-refractivity contribution in [2.75, 3.05) is 6.26 Å². The van der Waals surface area contributed by atoms with Crippen molar-refractivity contribution in [2.24, 2.45) is 0 Å². The summed E-state index contributed by atoms with van der Waals surface area (Å²) in [4.78, 5) is 11.4. The highest BCUT2D eigenvalue weighted by molar-refractivity contribution is 7.98. The minimum Gasteiger partial charge on any atom is -0.258 e. The Labute approximate surface area is 104 Å². The molecule has 0 fully saturated rings. The average Bonchev–Trinajstić information content (AvgIpc) is 2.39. The molecule has 0 aliphatic heterocycles. The molecule has 0 aromatic heterocycles. The Morgan fingerprint density at radius 1 is 0.941 bits per heavy atom. The summed E-state index contributed by atoms with van der Waals surface area (Å²) >= 11 is 1.69. The highest BCUT2D eigenvalue weighted by Gasteiger charge is 2.04. The first kappa shape index (κ1) is 11.7. The minimum atomic E-state index is -0.388. The minimum absolute atomic E-state index is 0.120. The van der Waals surface area contributed by atoms with Crippen LogP contribution in [0.4, 0.5) is 5.69 Å². The van der Waals surface area contributed by atoms with Gasteiger partial charge in [0.2, 0.25) is 0 Å². The number of non-ortho nitro benzene ring substituents is 1. The van der Waals surface area contributed by atoms with Crippen LogP contribution in [0, 0.1) is 10.1 Å². The highest BCUT2D eigenvalue weighted by atomic mass is 32.2. The van der Waals surface area contributed by atoms with Gasteiger partial charge in [0.1, 0.15) is 0 Å². The lowest BCUT2D eigenvalue weighted by Crippen LogP contribution is -1.87. The SMILES string of the molecule is CSc1ccc(-c2ccc([N+](=O)[O-])cc2)cc1. The molecule has 0 saturated carbocycles. The molecule has 0 spiro atoms. The van der Waals surface area contributed by atoms with Crippen LogP contribution in [0.2, 0.25) is 0 Å². The molecule has 0 bridgehead atoms. The number of nitro groups is 1. The lowest BCUT2D eigenvalue weighted by molar-refractivity contribution is -0.384. The van der Waals surface area contributed by atoms with Crippen LogP contribution >= 0.6 is 11.8 Å². The second-order valence-electron chi connectivity index (χ2n) is 3.53. The Balaban J connectivity index is 2.29. The molecule has 0 atom stereocenters. The number of rotatable bonds is 3. The second kappa shape index (κ2) is 5.01. The van der Waals surface area contributed by atoms with E-state index >= 15 is 0 Å². The normalized spacial score (nSPS) is 10.2. The quantitative estimate of drug-likeness (QED) is 0.466. The average molecular weight is 245 g/mol. The van der Waals surface area contributed by atoms with Gasteiger partial charge >= 0.3 is 0 Å². The first-order chi connectivity index (χ1) is 8.20. The Hall–Kier alpha value is -1.81.